The van der Waals surface area contributed by atoms with Crippen molar-refractivity contribution in [3.8, 4) is 0 Å². The zero-order valence-corrected chi connectivity index (χ0v) is 9.27. The molecule has 0 amide bonds. The minimum atomic E-state index is -1.14. The number of carboxylic acids is 1. The largest absolute Gasteiger partial charge is 1.00 e. The van der Waals surface area contributed by atoms with Crippen molar-refractivity contribution in [2.45, 2.75) is 6.42 Å². The maximum Gasteiger partial charge on any atom is 1.00 e. The third-order valence-corrected chi connectivity index (χ3v) is 0.942. The molecular weight excluding hydrogens is 171 g/mol. The number of carboxylic acid groups (broad SMARTS) is 1. The molecule has 0 saturated heterocycles. The Kier molecular flexibility index (Phi) is 5.89. The summed E-state index contributed by atoms with van der Waals surface area (Å²) in [7, 11) is 0. The van der Waals surface area contributed by atoms with Crippen molar-refractivity contribution < 1.29 is 61.3 Å². The molecule has 11 heavy (non-hydrogen) atoms. The maximum absolute atomic E-state index is 9.99. The predicted molar refractivity (Wildman–Crippen MR) is 30.7 cm³/mol. The van der Waals surface area contributed by atoms with Crippen LogP contribution in [0, 0.1) is 0 Å². The Balaban J connectivity index is 0.000001000. The summed E-state index contributed by atoms with van der Waals surface area (Å²) in [4.78, 5) is 17.4. The van der Waals surface area contributed by atoms with E-state index in [1.807, 2.05) is 0 Å². The van der Waals surface area contributed by atoms with Gasteiger partial charge in [-0.05, 0) is 0 Å². The Bertz CT molecular complexity index is 227. The van der Waals surface area contributed by atoms with Gasteiger partial charge >= 0.3 is 51.4 Å². The first-order valence-corrected chi connectivity index (χ1v) is 2.74. The van der Waals surface area contributed by atoms with Crippen LogP contribution in [0.5, 0.6) is 0 Å². The number of carbonyl (C=O) groups is 1. The molecule has 0 bridgehead atoms. The van der Waals surface area contributed by atoms with Crippen molar-refractivity contribution in [3.05, 3.63) is 24.3 Å². The van der Waals surface area contributed by atoms with Crippen LogP contribution in [0.2, 0.25) is 0 Å². The van der Waals surface area contributed by atoms with Gasteiger partial charge in [0.05, 0.1) is 5.69 Å². The van der Waals surface area contributed by atoms with Crippen molar-refractivity contribution in [2.24, 2.45) is 0 Å². The molecule has 1 heterocycles. The van der Waals surface area contributed by atoms with E-state index in [0.29, 0.717) is 5.69 Å². The van der Waals surface area contributed by atoms with Gasteiger partial charge < -0.3 is 9.90 Å². The van der Waals surface area contributed by atoms with Crippen LogP contribution in [0.25, 0.3) is 0 Å². The smallest absolute Gasteiger partial charge is 0.550 e. The van der Waals surface area contributed by atoms with Crippen molar-refractivity contribution in [1.29, 1.82) is 0 Å². The first-order valence-electron chi connectivity index (χ1n) is 2.74. The Hall–Kier alpha value is 0.186. The standard InChI is InChI=1S/C6H6N2O2.K/c9-6(10)3-5-4-7-1-2-8-5;/h1-2,4H,3H2,(H,9,10);/q;+1/p-1. The van der Waals surface area contributed by atoms with Gasteiger partial charge in [-0.1, -0.05) is 0 Å². The first kappa shape index (κ1) is 11.2. The minimum Gasteiger partial charge on any atom is -0.550 e. The second-order valence-corrected chi connectivity index (χ2v) is 1.75. The number of hydrogen-bond acceptors (Lipinski definition) is 4. The van der Waals surface area contributed by atoms with E-state index in [0.717, 1.165) is 0 Å². The van der Waals surface area contributed by atoms with E-state index in [4.69, 9.17) is 0 Å². The normalized spacial score (nSPS) is 8.36. The summed E-state index contributed by atoms with van der Waals surface area (Å²) in [5.74, 6) is -1.14. The van der Waals surface area contributed by atoms with E-state index < -0.39 is 5.97 Å². The number of rotatable bonds is 2. The van der Waals surface area contributed by atoms with Crippen molar-refractivity contribution in [2.75, 3.05) is 0 Å². The zero-order valence-electron chi connectivity index (χ0n) is 6.15. The molecule has 1 rings (SSSR count). The van der Waals surface area contributed by atoms with E-state index >= 15 is 0 Å². The van der Waals surface area contributed by atoms with Crippen LogP contribution < -0.4 is 56.5 Å². The van der Waals surface area contributed by atoms with Crippen molar-refractivity contribution in [3.63, 3.8) is 0 Å². The average Bonchev–Trinajstić information content (AvgIpc) is 1.88. The quantitative estimate of drug-likeness (QED) is 0.428. The molecule has 0 atom stereocenters. The van der Waals surface area contributed by atoms with Crippen LogP contribution in [0.4, 0.5) is 0 Å². The Labute approximate surface area is 106 Å². The molecule has 0 fully saturated rings. The van der Waals surface area contributed by atoms with Crippen molar-refractivity contribution in [1.82, 2.24) is 9.97 Å². The summed E-state index contributed by atoms with van der Waals surface area (Å²) in [5, 5.41) is 9.99. The Morgan fingerprint density at radius 3 is 2.73 bits per heavy atom. The molecule has 0 aliphatic carbocycles. The maximum atomic E-state index is 9.99. The van der Waals surface area contributed by atoms with E-state index in [-0.39, 0.29) is 57.8 Å². The topological polar surface area (TPSA) is 65.9 Å². The van der Waals surface area contributed by atoms with Crippen LogP contribution in [-0.4, -0.2) is 15.9 Å². The average molecular weight is 176 g/mol. The molecule has 0 saturated carbocycles. The molecule has 0 unspecified atom stereocenters. The second-order valence-electron chi connectivity index (χ2n) is 1.75. The summed E-state index contributed by atoms with van der Waals surface area (Å²) in [5.41, 5.74) is 0.419. The molecule has 1 aromatic heterocycles. The summed E-state index contributed by atoms with van der Waals surface area (Å²) in [6.07, 6.45) is 4.15. The number of hydrogen-bond donors (Lipinski definition) is 0. The molecule has 5 heteroatoms. The third kappa shape index (κ3) is 4.60. The molecule has 0 radical (unpaired) electrons. The number of aromatic nitrogens is 2. The third-order valence-electron chi connectivity index (χ3n) is 0.942. The summed E-state index contributed by atoms with van der Waals surface area (Å²) >= 11 is 0. The van der Waals surface area contributed by atoms with Crippen LogP contribution in [0.15, 0.2) is 18.6 Å². The van der Waals surface area contributed by atoms with Crippen LogP contribution >= 0.6 is 0 Å². The van der Waals surface area contributed by atoms with E-state index in [9.17, 15) is 9.90 Å². The first-order chi connectivity index (χ1) is 4.79. The van der Waals surface area contributed by atoms with Gasteiger partial charge in [0.25, 0.3) is 0 Å². The van der Waals surface area contributed by atoms with E-state index in [2.05, 4.69) is 9.97 Å². The van der Waals surface area contributed by atoms with Gasteiger partial charge in [0.2, 0.25) is 0 Å². The minimum absolute atomic E-state index is 0. The SMILES string of the molecule is O=C([O-])Cc1cnccn1.[K+]. The van der Waals surface area contributed by atoms with E-state index in [1.165, 1.54) is 18.6 Å². The van der Waals surface area contributed by atoms with E-state index in [1.54, 1.807) is 0 Å². The summed E-state index contributed by atoms with van der Waals surface area (Å²) in [6, 6.07) is 0. The molecule has 4 nitrogen and oxygen atoms in total. The molecule has 0 aromatic carbocycles. The molecular formula is C6H5KN2O2. The second kappa shape index (κ2) is 5.79. The molecule has 0 N–H and O–H groups in total. The zero-order chi connectivity index (χ0) is 7.40. The molecule has 1 aromatic rings. The molecule has 0 spiro atoms. The van der Waals surface area contributed by atoms with Gasteiger partial charge in [0, 0.05) is 31.0 Å². The van der Waals surface area contributed by atoms with Crippen LogP contribution in [-0.2, 0) is 11.2 Å². The summed E-state index contributed by atoms with van der Waals surface area (Å²) in [6.45, 7) is 0. The van der Waals surface area contributed by atoms with Gasteiger partial charge in [-0.15, -0.1) is 0 Å². The fourth-order valence-corrected chi connectivity index (χ4v) is 0.569. The predicted octanol–water partition coefficient (Wildman–Crippen LogP) is -4.23. The summed E-state index contributed by atoms with van der Waals surface area (Å²) < 4.78 is 0. The van der Waals surface area contributed by atoms with Gasteiger partial charge in [0.1, 0.15) is 0 Å². The fraction of sp³-hybridized carbons (Fsp3) is 0.167. The van der Waals surface area contributed by atoms with Gasteiger partial charge in [-0.25, -0.2) is 0 Å². The number of carbonyl (C=O) groups excluding carboxylic acids is 1. The molecule has 0 aliphatic rings. The Morgan fingerprint density at radius 2 is 2.27 bits per heavy atom. The number of nitrogens with zero attached hydrogens (tertiary/aromatic N) is 2. The van der Waals surface area contributed by atoms with Gasteiger partial charge in [0.15, 0.2) is 0 Å². The number of aliphatic carboxylic acids is 1. The molecule has 52 valence electrons. The van der Waals surface area contributed by atoms with Crippen LogP contribution in [0.1, 0.15) is 5.69 Å². The monoisotopic (exact) mass is 176 g/mol. The fourth-order valence-electron chi connectivity index (χ4n) is 0.569. The van der Waals surface area contributed by atoms with Crippen LogP contribution in [0.3, 0.4) is 0 Å². The van der Waals surface area contributed by atoms with Gasteiger partial charge in [-0.3, -0.25) is 9.97 Å². The van der Waals surface area contributed by atoms with Gasteiger partial charge in [-0.2, -0.15) is 0 Å². The van der Waals surface area contributed by atoms with Crippen molar-refractivity contribution >= 4 is 5.97 Å². The Morgan fingerprint density at radius 1 is 1.55 bits per heavy atom. The molecule has 0 aliphatic heterocycles.